The van der Waals surface area contributed by atoms with Gasteiger partial charge < -0.3 is 15.1 Å². The number of nitrogens with zero attached hydrogens (tertiary/aromatic N) is 6. The highest BCUT2D eigenvalue weighted by Crippen LogP contribution is 2.27. The summed E-state index contributed by atoms with van der Waals surface area (Å²) in [4.78, 5) is 33.4. The van der Waals surface area contributed by atoms with Gasteiger partial charge in [0.15, 0.2) is 16.1 Å². The standard InChI is InChI=1S/C24H31N7O2S2/c1-7-14-31-21(17-10-12-18(13-11-17)30(8-2)9-3)27-28-24(31)34-15-19(32)26-23-25-16(4)20(35-23)22(33)29(5)6/h7,10-13H,1,8-9,14-15H2,2-6H3,(H,25,26,32). The molecule has 0 aliphatic carbocycles. The minimum absolute atomic E-state index is 0.131. The summed E-state index contributed by atoms with van der Waals surface area (Å²) in [5.74, 6) is 0.489. The van der Waals surface area contributed by atoms with E-state index in [0.29, 0.717) is 27.4 Å². The Morgan fingerprint density at radius 3 is 2.46 bits per heavy atom. The summed E-state index contributed by atoms with van der Waals surface area (Å²) in [7, 11) is 3.37. The van der Waals surface area contributed by atoms with Crippen molar-refractivity contribution in [1.29, 1.82) is 0 Å². The summed E-state index contributed by atoms with van der Waals surface area (Å²) >= 11 is 2.46. The van der Waals surface area contributed by atoms with Gasteiger partial charge in [-0.25, -0.2) is 4.98 Å². The van der Waals surface area contributed by atoms with Crippen molar-refractivity contribution in [2.45, 2.75) is 32.5 Å². The van der Waals surface area contributed by atoms with Crippen molar-refractivity contribution in [1.82, 2.24) is 24.6 Å². The molecule has 0 aliphatic rings. The number of rotatable bonds is 11. The van der Waals surface area contributed by atoms with Crippen molar-refractivity contribution in [3.63, 3.8) is 0 Å². The van der Waals surface area contributed by atoms with Crippen molar-refractivity contribution < 1.29 is 9.59 Å². The zero-order valence-corrected chi connectivity index (χ0v) is 22.4. The number of aryl methyl sites for hydroxylation is 1. The lowest BCUT2D eigenvalue weighted by atomic mass is 10.2. The molecule has 35 heavy (non-hydrogen) atoms. The quantitative estimate of drug-likeness (QED) is 0.304. The molecule has 0 saturated carbocycles. The largest absolute Gasteiger partial charge is 0.372 e. The van der Waals surface area contributed by atoms with E-state index in [1.54, 1.807) is 27.1 Å². The van der Waals surface area contributed by atoms with Crippen molar-refractivity contribution >= 4 is 45.7 Å². The van der Waals surface area contributed by atoms with E-state index in [9.17, 15) is 9.59 Å². The molecule has 1 N–H and O–H groups in total. The van der Waals surface area contributed by atoms with Crippen LogP contribution in [0.2, 0.25) is 0 Å². The van der Waals surface area contributed by atoms with Gasteiger partial charge in [0, 0.05) is 45.0 Å². The number of aromatic nitrogens is 4. The Balaban J connectivity index is 1.70. The second-order valence-corrected chi connectivity index (χ2v) is 9.84. The summed E-state index contributed by atoms with van der Waals surface area (Å²) in [5.41, 5.74) is 2.70. The van der Waals surface area contributed by atoms with Gasteiger partial charge >= 0.3 is 0 Å². The molecule has 2 aromatic heterocycles. The lowest BCUT2D eigenvalue weighted by Gasteiger charge is -2.21. The third kappa shape index (κ3) is 6.29. The van der Waals surface area contributed by atoms with E-state index >= 15 is 0 Å². The predicted octanol–water partition coefficient (Wildman–Crippen LogP) is 4.17. The van der Waals surface area contributed by atoms with Gasteiger partial charge in [-0.1, -0.05) is 29.2 Å². The molecule has 0 saturated heterocycles. The van der Waals surface area contributed by atoms with Crippen LogP contribution in [0.1, 0.15) is 29.2 Å². The molecule has 0 spiro atoms. The maximum Gasteiger partial charge on any atom is 0.265 e. The number of thioether (sulfide) groups is 1. The molecule has 0 unspecified atom stereocenters. The average molecular weight is 514 g/mol. The van der Waals surface area contributed by atoms with Gasteiger partial charge in [-0.3, -0.25) is 14.2 Å². The van der Waals surface area contributed by atoms with E-state index in [0.717, 1.165) is 30.2 Å². The third-order valence-corrected chi connectivity index (χ3v) is 7.29. The second-order valence-electron chi connectivity index (χ2n) is 7.89. The highest BCUT2D eigenvalue weighted by Gasteiger charge is 2.19. The Bertz CT molecular complexity index is 1180. The van der Waals surface area contributed by atoms with Gasteiger partial charge in [0.2, 0.25) is 5.91 Å². The van der Waals surface area contributed by atoms with Crippen LogP contribution in [0.4, 0.5) is 10.8 Å². The van der Waals surface area contributed by atoms with Crippen LogP contribution in [-0.2, 0) is 11.3 Å². The van der Waals surface area contributed by atoms with Gasteiger partial charge in [-0.05, 0) is 45.0 Å². The van der Waals surface area contributed by atoms with Gasteiger partial charge in [-0.15, -0.1) is 16.8 Å². The first-order chi connectivity index (χ1) is 16.8. The number of anilines is 2. The van der Waals surface area contributed by atoms with Gasteiger partial charge in [0.05, 0.1) is 11.4 Å². The fourth-order valence-electron chi connectivity index (χ4n) is 3.45. The Hall–Kier alpha value is -3.18. The number of amides is 2. The fraction of sp³-hybridized carbons (Fsp3) is 0.375. The molecule has 0 fully saturated rings. The normalized spacial score (nSPS) is 10.8. The minimum Gasteiger partial charge on any atom is -0.372 e. The lowest BCUT2D eigenvalue weighted by Crippen LogP contribution is -2.21. The summed E-state index contributed by atoms with van der Waals surface area (Å²) in [6, 6.07) is 8.24. The number of carbonyl (C=O) groups is 2. The predicted molar refractivity (Wildman–Crippen MR) is 143 cm³/mol. The third-order valence-electron chi connectivity index (χ3n) is 5.26. The van der Waals surface area contributed by atoms with Crippen LogP contribution < -0.4 is 10.2 Å². The number of allylic oxidation sites excluding steroid dienone is 1. The number of thiazole rings is 1. The number of hydrogen-bond donors (Lipinski definition) is 1. The minimum atomic E-state index is -0.231. The van der Waals surface area contributed by atoms with Crippen LogP contribution in [0.3, 0.4) is 0 Å². The molecule has 2 amide bonds. The van der Waals surface area contributed by atoms with Crippen LogP contribution >= 0.6 is 23.1 Å². The number of nitrogens with one attached hydrogen (secondary N) is 1. The molecule has 11 heteroatoms. The van der Waals surface area contributed by atoms with E-state index in [1.807, 2.05) is 16.7 Å². The van der Waals surface area contributed by atoms with E-state index in [4.69, 9.17) is 0 Å². The van der Waals surface area contributed by atoms with E-state index in [-0.39, 0.29) is 17.6 Å². The molecule has 1 aromatic carbocycles. The summed E-state index contributed by atoms with van der Waals surface area (Å²) in [5, 5.41) is 12.5. The summed E-state index contributed by atoms with van der Waals surface area (Å²) in [6.07, 6.45) is 1.78. The lowest BCUT2D eigenvalue weighted by molar-refractivity contribution is -0.113. The molecule has 0 bridgehead atoms. The van der Waals surface area contributed by atoms with Crippen LogP contribution in [0.15, 0.2) is 42.1 Å². The smallest absolute Gasteiger partial charge is 0.265 e. The first-order valence-corrected chi connectivity index (χ1v) is 13.1. The number of benzene rings is 1. The van der Waals surface area contributed by atoms with E-state index < -0.39 is 0 Å². The van der Waals surface area contributed by atoms with E-state index in [2.05, 4.69) is 58.0 Å². The molecule has 0 atom stereocenters. The van der Waals surface area contributed by atoms with Crippen LogP contribution in [0.25, 0.3) is 11.4 Å². The van der Waals surface area contributed by atoms with Crippen LogP contribution in [0.5, 0.6) is 0 Å². The van der Waals surface area contributed by atoms with E-state index in [1.165, 1.54) is 28.0 Å². The molecule has 9 nitrogen and oxygen atoms in total. The Labute approximate surface area is 214 Å². The molecule has 2 heterocycles. The molecule has 0 radical (unpaired) electrons. The molecular formula is C24H31N7O2S2. The average Bonchev–Trinajstić information content (AvgIpc) is 3.41. The molecule has 3 aromatic rings. The number of hydrogen-bond acceptors (Lipinski definition) is 8. The Kier molecular flexibility index (Phi) is 9.05. The van der Waals surface area contributed by atoms with Crippen molar-refractivity contribution in [2.75, 3.05) is 43.2 Å². The molecular weight excluding hydrogens is 482 g/mol. The second kappa shape index (κ2) is 12.0. The maximum atomic E-state index is 12.6. The molecule has 3 rings (SSSR count). The zero-order valence-electron chi connectivity index (χ0n) is 20.7. The van der Waals surface area contributed by atoms with Crippen molar-refractivity contribution in [3.8, 4) is 11.4 Å². The van der Waals surface area contributed by atoms with Crippen LogP contribution in [-0.4, -0.2) is 69.4 Å². The summed E-state index contributed by atoms with van der Waals surface area (Å²) in [6.45, 7) is 12.3. The fourth-order valence-corrected chi connectivity index (χ4v) is 5.20. The Morgan fingerprint density at radius 1 is 1.17 bits per heavy atom. The Morgan fingerprint density at radius 2 is 1.86 bits per heavy atom. The molecule has 0 aliphatic heterocycles. The first kappa shape index (κ1) is 26.4. The number of carbonyl (C=O) groups excluding carboxylic acids is 2. The van der Waals surface area contributed by atoms with Gasteiger partial charge in [0.1, 0.15) is 4.88 Å². The summed E-state index contributed by atoms with van der Waals surface area (Å²) < 4.78 is 1.94. The van der Waals surface area contributed by atoms with Crippen molar-refractivity contribution in [3.05, 3.63) is 47.5 Å². The van der Waals surface area contributed by atoms with Gasteiger partial charge in [-0.2, -0.15) is 0 Å². The van der Waals surface area contributed by atoms with Crippen LogP contribution in [0, 0.1) is 6.92 Å². The zero-order chi connectivity index (χ0) is 25.5. The highest BCUT2D eigenvalue weighted by atomic mass is 32.2. The molecule has 186 valence electrons. The topological polar surface area (TPSA) is 96.2 Å². The van der Waals surface area contributed by atoms with Gasteiger partial charge in [0.25, 0.3) is 5.91 Å². The highest BCUT2D eigenvalue weighted by molar-refractivity contribution is 7.99. The first-order valence-electron chi connectivity index (χ1n) is 11.3. The monoisotopic (exact) mass is 513 g/mol. The SMILES string of the molecule is C=CCn1c(SCC(=O)Nc2nc(C)c(C(=O)N(C)C)s2)nnc1-c1ccc(N(CC)CC)cc1. The van der Waals surface area contributed by atoms with Crippen molar-refractivity contribution in [2.24, 2.45) is 0 Å². The maximum absolute atomic E-state index is 12.6.